The van der Waals surface area contributed by atoms with Gasteiger partial charge >= 0.3 is 0 Å². The van der Waals surface area contributed by atoms with Crippen LogP contribution < -0.4 is 0 Å². The van der Waals surface area contributed by atoms with Gasteiger partial charge in [0.25, 0.3) is 5.91 Å². The van der Waals surface area contributed by atoms with Gasteiger partial charge in [0.05, 0.1) is 0 Å². The molecule has 0 aliphatic rings. The van der Waals surface area contributed by atoms with E-state index in [9.17, 15) is 4.79 Å². The zero-order valence-corrected chi connectivity index (χ0v) is 5.14. The first-order chi connectivity index (χ1) is 3.72. The second kappa shape index (κ2) is 3.09. The highest BCUT2D eigenvalue weighted by Gasteiger charge is 1.97. The lowest BCUT2D eigenvalue weighted by molar-refractivity contribution is -0.123. The molecular formula is C6H9NO. The molecule has 2 nitrogen and oxygen atoms in total. The van der Waals surface area contributed by atoms with E-state index in [0.717, 1.165) is 0 Å². The first-order valence-electron chi connectivity index (χ1n) is 2.44. The second-order valence-electron chi connectivity index (χ2n) is 1.46. The highest BCUT2D eigenvalue weighted by atomic mass is 16.2. The number of nitrogens with zero attached hydrogens (tertiary/aromatic N) is 1. The molecule has 0 heterocycles. The van der Waals surface area contributed by atoms with Gasteiger partial charge in [0.2, 0.25) is 0 Å². The Morgan fingerprint density at radius 3 is 2.50 bits per heavy atom. The fraction of sp³-hybridized carbons (Fsp3) is 0.500. The summed E-state index contributed by atoms with van der Waals surface area (Å²) in [5, 5.41) is 0. The predicted octanol–water partition coefficient (Wildman–Crippen LogP) is 0.0979. The molecule has 0 aromatic heterocycles. The second-order valence-corrected chi connectivity index (χ2v) is 1.46. The lowest BCUT2D eigenvalue weighted by Gasteiger charge is -2.07. The summed E-state index contributed by atoms with van der Waals surface area (Å²) in [5.41, 5.74) is 0. The van der Waals surface area contributed by atoms with Crippen molar-refractivity contribution < 1.29 is 4.79 Å². The Morgan fingerprint density at radius 1 is 1.88 bits per heavy atom. The van der Waals surface area contributed by atoms with Crippen molar-refractivity contribution in [2.24, 2.45) is 0 Å². The van der Waals surface area contributed by atoms with Crippen LogP contribution in [0.2, 0.25) is 0 Å². The lowest BCUT2D eigenvalue weighted by Crippen LogP contribution is -2.24. The fourth-order valence-electron chi connectivity index (χ4n) is 0.254. The van der Waals surface area contributed by atoms with Crippen LogP contribution in [-0.2, 0) is 4.79 Å². The van der Waals surface area contributed by atoms with E-state index < -0.39 is 0 Å². The zero-order chi connectivity index (χ0) is 6.57. The minimum Gasteiger partial charge on any atom is -0.335 e. The van der Waals surface area contributed by atoms with E-state index >= 15 is 0 Å². The number of terminal acetylenes is 1. The molecule has 0 aliphatic heterocycles. The molecule has 0 bridgehead atoms. The van der Waals surface area contributed by atoms with Gasteiger partial charge in [-0.3, -0.25) is 4.79 Å². The van der Waals surface area contributed by atoms with Gasteiger partial charge in [-0.25, -0.2) is 0 Å². The van der Waals surface area contributed by atoms with E-state index in [-0.39, 0.29) is 5.91 Å². The Hall–Kier alpha value is -0.970. The third-order valence-electron chi connectivity index (χ3n) is 0.945. The maximum absolute atomic E-state index is 10.4. The summed E-state index contributed by atoms with van der Waals surface area (Å²) in [6.45, 7) is 2.54. The third kappa shape index (κ3) is 1.65. The maximum Gasteiger partial charge on any atom is 0.297 e. The average molecular weight is 111 g/mol. The van der Waals surface area contributed by atoms with E-state index in [1.807, 2.05) is 12.8 Å². The van der Waals surface area contributed by atoms with Crippen molar-refractivity contribution >= 4 is 5.91 Å². The molecule has 2 heteroatoms. The van der Waals surface area contributed by atoms with Crippen LogP contribution in [0.5, 0.6) is 0 Å². The quantitative estimate of drug-likeness (QED) is 0.439. The van der Waals surface area contributed by atoms with Crippen LogP contribution in [0.15, 0.2) is 0 Å². The molecule has 44 valence electrons. The molecule has 0 aliphatic carbocycles. The molecule has 0 saturated heterocycles. The summed E-state index contributed by atoms with van der Waals surface area (Å²) in [6.07, 6.45) is 4.81. The number of hydrogen-bond acceptors (Lipinski definition) is 1. The van der Waals surface area contributed by atoms with Gasteiger partial charge in [0, 0.05) is 13.6 Å². The number of hydrogen-bond donors (Lipinski definition) is 0. The highest BCUT2D eigenvalue weighted by molar-refractivity contribution is 5.92. The topological polar surface area (TPSA) is 20.3 Å². The van der Waals surface area contributed by atoms with Crippen molar-refractivity contribution in [3.8, 4) is 12.3 Å². The van der Waals surface area contributed by atoms with Crippen LogP contribution in [0, 0.1) is 12.3 Å². The van der Waals surface area contributed by atoms with Crippen LogP contribution in [0.1, 0.15) is 6.92 Å². The van der Waals surface area contributed by atoms with Gasteiger partial charge in [-0.15, -0.1) is 6.42 Å². The van der Waals surface area contributed by atoms with Gasteiger partial charge < -0.3 is 4.90 Å². The molecular weight excluding hydrogens is 102 g/mol. The van der Waals surface area contributed by atoms with Crippen LogP contribution in [0.25, 0.3) is 0 Å². The van der Waals surface area contributed by atoms with Crippen molar-refractivity contribution in [2.75, 3.05) is 13.6 Å². The van der Waals surface area contributed by atoms with Crippen molar-refractivity contribution in [3.05, 3.63) is 0 Å². The van der Waals surface area contributed by atoms with Crippen LogP contribution in [0.3, 0.4) is 0 Å². The van der Waals surface area contributed by atoms with Gasteiger partial charge in [-0.2, -0.15) is 0 Å². The normalized spacial score (nSPS) is 7.62. The minimum atomic E-state index is -0.257. The number of amides is 1. The van der Waals surface area contributed by atoms with Crippen LogP contribution in [0.4, 0.5) is 0 Å². The number of carbonyl (C=O) groups is 1. The molecule has 0 aromatic carbocycles. The Balaban J connectivity index is 3.68. The molecule has 0 radical (unpaired) electrons. The molecule has 0 atom stereocenters. The maximum atomic E-state index is 10.4. The molecule has 0 saturated carbocycles. The summed E-state index contributed by atoms with van der Waals surface area (Å²) >= 11 is 0. The zero-order valence-electron chi connectivity index (χ0n) is 5.14. The number of rotatable bonds is 1. The molecule has 0 aromatic rings. The lowest BCUT2D eigenvalue weighted by atomic mass is 10.5. The van der Waals surface area contributed by atoms with E-state index in [4.69, 9.17) is 6.42 Å². The summed E-state index contributed by atoms with van der Waals surface area (Å²) in [7, 11) is 1.67. The smallest absolute Gasteiger partial charge is 0.297 e. The molecule has 0 fully saturated rings. The van der Waals surface area contributed by atoms with E-state index in [1.165, 1.54) is 4.90 Å². The minimum absolute atomic E-state index is 0.257. The van der Waals surface area contributed by atoms with Crippen molar-refractivity contribution in [2.45, 2.75) is 6.92 Å². The van der Waals surface area contributed by atoms with E-state index in [2.05, 4.69) is 0 Å². The highest BCUT2D eigenvalue weighted by Crippen LogP contribution is 1.78. The molecule has 8 heavy (non-hydrogen) atoms. The number of carbonyl (C=O) groups excluding carboxylic acids is 1. The molecule has 1 amide bonds. The van der Waals surface area contributed by atoms with E-state index in [0.29, 0.717) is 6.54 Å². The predicted molar refractivity (Wildman–Crippen MR) is 32.1 cm³/mol. The standard InChI is InChI=1S/C6H9NO/c1-4-6(8)7(3)5-2/h1H,5H2,2-3H3. The Labute approximate surface area is 49.5 Å². The van der Waals surface area contributed by atoms with Gasteiger partial charge in [-0.05, 0) is 12.8 Å². The van der Waals surface area contributed by atoms with E-state index in [1.54, 1.807) is 7.05 Å². The Bertz CT molecular complexity index is 123. The molecule has 0 N–H and O–H groups in total. The first-order valence-corrected chi connectivity index (χ1v) is 2.44. The van der Waals surface area contributed by atoms with Crippen molar-refractivity contribution in [1.82, 2.24) is 4.90 Å². The summed E-state index contributed by atoms with van der Waals surface area (Å²) < 4.78 is 0. The van der Waals surface area contributed by atoms with Crippen molar-refractivity contribution in [1.29, 1.82) is 0 Å². The van der Waals surface area contributed by atoms with Gasteiger partial charge in [-0.1, -0.05) is 0 Å². The molecule has 0 rings (SSSR count). The van der Waals surface area contributed by atoms with Crippen molar-refractivity contribution in [3.63, 3.8) is 0 Å². The van der Waals surface area contributed by atoms with Gasteiger partial charge in [0.15, 0.2) is 0 Å². The molecule has 0 unspecified atom stereocenters. The third-order valence-corrected chi connectivity index (χ3v) is 0.945. The largest absolute Gasteiger partial charge is 0.335 e. The Morgan fingerprint density at radius 2 is 2.38 bits per heavy atom. The summed E-state index contributed by atoms with van der Waals surface area (Å²) in [6, 6.07) is 0. The first kappa shape index (κ1) is 7.03. The summed E-state index contributed by atoms with van der Waals surface area (Å²) in [5.74, 6) is 1.75. The Kier molecular flexibility index (Phi) is 2.71. The average Bonchev–Trinajstić information content (AvgIpc) is 1.84. The van der Waals surface area contributed by atoms with Crippen LogP contribution >= 0.6 is 0 Å². The summed E-state index contributed by atoms with van der Waals surface area (Å²) in [4.78, 5) is 11.9. The van der Waals surface area contributed by atoms with Gasteiger partial charge in [0.1, 0.15) is 0 Å². The molecule has 0 spiro atoms. The monoisotopic (exact) mass is 111 g/mol. The SMILES string of the molecule is C#CC(=O)N(C)CC. The van der Waals surface area contributed by atoms with Crippen LogP contribution in [-0.4, -0.2) is 24.4 Å². The fourth-order valence-corrected chi connectivity index (χ4v) is 0.254.